The normalized spacial score (nSPS) is 24.6. The van der Waals surface area contributed by atoms with Crippen LogP contribution in [0.3, 0.4) is 0 Å². The van der Waals surface area contributed by atoms with Crippen LogP contribution in [0, 0.1) is 0 Å². The van der Waals surface area contributed by atoms with Crippen molar-refractivity contribution >= 4 is 28.9 Å². The number of anilines is 1. The van der Waals surface area contributed by atoms with E-state index in [-0.39, 0.29) is 0 Å². The first-order chi connectivity index (χ1) is 8.19. The Labute approximate surface area is 112 Å². The minimum absolute atomic E-state index is 0.360. The Kier molecular flexibility index (Phi) is 4.55. The van der Waals surface area contributed by atoms with Gasteiger partial charge < -0.3 is 10.1 Å². The van der Waals surface area contributed by atoms with Gasteiger partial charge in [-0.15, -0.1) is 0 Å². The van der Waals surface area contributed by atoms with Crippen molar-refractivity contribution in [3.63, 3.8) is 0 Å². The lowest BCUT2D eigenvalue weighted by Gasteiger charge is -2.30. The van der Waals surface area contributed by atoms with Gasteiger partial charge >= 0.3 is 0 Å². The molecule has 0 radical (unpaired) electrons. The molecule has 0 amide bonds. The van der Waals surface area contributed by atoms with Crippen molar-refractivity contribution in [2.24, 2.45) is 0 Å². The molecule has 2 atom stereocenters. The van der Waals surface area contributed by atoms with Crippen molar-refractivity contribution < 1.29 is 4.74 Å². The Morgan fingerprint density at radius 1 is 1.41 bits per heavy atom. The molecule has 0 saturated carbocycles. The maximum Gasteiger partial charge on any atom is 0.0638 e. The highest BCUT2D eigenvalue weighted by Crippen LogP contribution is 2.28. The monoisotopic (exact) mass is 273 g/mol. The zero-order valence-corrected chi connectivity index (χ0v) is 11.4. The largest absolute Gasteiger partial charge is 0.381 e. The van der Waals surface area contributed by atoms with Gasteiger partial charge in [-0.3, -0.25) is 0 Å². The first-order valence-electron chi connectivity index (χ1n) is 6.02. The quantitative estimate of drug-likeness (QED) is 0.884. The van der Waals surface area contributed by atoms with Gasteiger partial charge in [0.25, 0.3) is 0 Å². The Bertz CT molecular complexity index is 384. The van der Waals surface area contributed by atoms with Crippen LogP contribution in [0.2, 0.25) is 10.0 Å². The summed E-state index contributed by atoms with van der Waals surface area (Å²) in [4.78, 5) is 0. The zero-order valence-electron chi connectivity index (χ0n) is 9.88. The van der Waals surface area contributed by atoms with E-state index in [2.05, 4.69) is 12.2 Å². The Hall–Kier alpha value is -0.440. The van der Waals surface area contributed by atoms with E-state index in [0.717, 1.165) is 31.6 Å². The smallest absolute Gasteiger partial charge is 0.0638 e. The van der Waals surface area contributed by atoms with Gasteiger partial charge in [-0.05, 0) is 37.5 Å². The molecule has 2 unspecified atom stereocenters. The van der Waals surface area contributed by atoms with Crippen molar-refractivity contribution in [3.05, 3.63) is 28.2 Å². The van der Waals surface area contributed by atoms with Gasteiger partial charge in [-0.2, -0.15) is 0 Å². The van der Waals surface area contributed by atoms with Gasteiger partial charge in [0, 0.05) is 17.7 Å². The molecule has 1 fully saturated rings. The Morgan fingerprint density at radius 2 is 2.24 bits per heavy atom. The van der Waals surface area contributed by atoms with Crippen LogP contribution in [-0.4, -0.2) is 18.8 Å². The molecule has 1 aromatic rings. The summed E-state index contributed by atoms with van der Waals surface area (Å²) in [6.45, 7) is 2.97. The summed E-state index contributed by atoms with van der Waals surface area (Å²) >= 11 is 12.1. The van der Waals surface area contributed by atoms with Crippen LogP contribution in [-0.2, 0) is 4.74 Å². The SMILES string of the molecule is CCC1CC(Nc2cc(Cl)ccc2Cl)CCO1. The second kappa shape index (κ2) is 5.94. The Balaban J connectivity index is 2.02. The number of nitrogens with one attached hydrogen (secondary N) is 1. The second-order valence-electron chi connectivity index (χ2n) is 4.39. The van der Waals surface area contributed by atoms with Crippen LogP contribution in [0.25, 0.3) is 0 Å². The lowest BCUT2D eigenvalue weighted by atomic mass is 10.0. The summed E-state index contributed by atoms with van der Waals surface area (Å²) < 4.78 is 5.65. The van der Waals surface area contributed by atoms with Crippen molar-refractivity contribution in [1.82, 2.24) is 0 Å². The number of rotatable bonds is 3. The van der Waals surface area contributed by atoms with Crippen LogP contribution in [0.5, 0.6) is 0 Å². The highest BCUT2D eigenvalue weighted by molar-refractivity contribution is 6.35. The fourth-order valence-corrected chi connectivity index (χ4v) is 2.47. The van der Waals surface area contributed by atoms with E-state index in [1.54, 1.807) is 6.07 Å². The van der Waals surface area contributed by atoms with Crippen molar-refractivity contribution in [1.29, 1.82) is 0 Å². The second-order valence-corrected chi connectivity index (χ2v) is 5.23. The minimum atomic E-state index is 0.360. The summed E-state index contributed by atoms with van der Waals surface area (Å²) in [6, 6.07) is 5.92. The van der Waals surface area contributed by atoms with E-state index >= 15 is 0 Å². The lowest BCUT2D eigenvalue weighted by Crippen LogP contribution is -2.33. The van der Waals surface area contributed by atoms with E-state index in [0.29, 0.717) is 22.2 Å². The predicted molar refractivity (Wildman–Crippen MR) is 73.1 cm³/mol. The molecule has 0 spiro atoms. The molecule has 1 heterocycles. The maximum absolute atomic E-state index is 6.13. The first kappa shape index (κ1) is 13.0. The third-order valence-electron chi connectivity index (χ3n) is 3.11. The summed E-state index contributed by atoms with van der Waals surface area (Å²) in [5, 5.41) is 4.88. The molecule has 1 aromatic carbocycles. The summed E-state index contributed by atoms with van der Waals surface area (Å²) in [6.07, 6.45) is 3.46. The maximum atomic E-state index is 6.13. The molecule has 2 nitrogen and oxygen atoms in total. The molecule has 0 bridgehead atoms. The fourth-order valence-electron chi connectivity index (χ4n) is 2.12. The van der Waals surface area contributed by atoms with Gasteiger partial charge in [0.05, 0.1) is 16.8 Å². The first-order valence-corrected chi connectivity index (χ1v) is 6.78. The lowest BCUT2D eigenvalue weighted by molar-refractivity contribution is 0.00926. The highest BCUT2D eigenvalue weighted by atomic mass is 35.5. The number of hydrogen-bond acceptors (Lipinski definition) is 2. The summed E-state index contributed by atoms with van der Waals surface area (Å²) in [5.74, 6) is 0. The third kappa shape index (κ3) is 3.51. The predicted octanol–water partition coefficient (Wildman–Crippen LogP) is 4.36. The molecule has 1 aliphatic heterocycles. The average molecular weight is 274 g/mol. The summed E-state index contributed by atoms with van der Waals surface area (Å²) in [7, 11) is 0. The molecule has 4 heteroatoms. The molecule has 0 aliphatic carbocycles. The molecular formula is C13H17Cl2NO. The molecule has 17 heavy (non-hydrogen) atoms. The molecule has 94 valence electrons. The molecule has 2 rings (SSSR count). The van der Waals surface area contributed by atoms with E-state index < -0.39 is 0 Å². The fraction of sp³-hybridized carbons (Fsp3) is 0.538. The van der Waals surface area contributed by atoms with Crippen molar-refractivity contribution in [3.8, 4) is 0 Å². The van der Waals surface area contributed by atoms with Gasteiger partial charge in [0.1, 0.15) is 0 Å². The number of halogens is 2. The zero-order chi connectivity index (χ0) is 12.3. The molecule has 1 aliphatic rings. The summed E-state index contributed by atoms with van der Waals surface area (Å²) in [5.41, 5.74) is 0.918. The van der Waals surface area contributed by atoms with E-state index in [1.165, 1.54) is 0 Å². The van der Waals surface area contributed by atoms with E-state index in [4.69, 9.17) is 27.9 Å². The highest BCUT2D eigenvalue weighted by Gasteiger charge is 2.21. The van der Waals surface area contributed by atoms with Gasteiger partial charge in [0.2, 0.25) is 0 Å². The van der Waals surface area contributed by atoms with Crippen LogP contribution in [0.1, 0.15) is 26.2 Å². The van der Waals surface area contributed by atoms with E-state index in [1.807, 2.05) is 12.1 Å². The van der Waals surface area contributed by atoms with Gasteiger partial charge in [-0.25, -0.2) is 0 Å². The number of hydrogen-bond donors (Lipinski definition) is 1. The van der Waals surface area contributed by atoms with Crippen LogP contribution in [0.4, 0.5) is 5.69 Å². The third-order valence-corrected chi connectivity index (χ3v) is 3.68. The number of ether oxygens (including phenoxy) is 1. The van der Waals surface area contributed by atoms with Crippen LogP contribution in [0.15, 0.2) is 18.2 Å². The van der Waals surface area contributed by atoms with Crippen molar-refractivity contribution in [2.45, 2.75) is 38.3 Å². The van der Waals surface area contributed by atoms with E-state index in [9.17, 15) is 0 Å². The average Bonchev–Trinajstić information content (AvgIpc) is 2.34. The Morgan fingerprint density at radius 3 is 3.00 bits per heavy atom. The van der Waals surface area contributed by atoms with Crippen molar-refractivity contribution in [2.75, 3.05) is 11.9 Å². The topological polar surface area (TPSA) is 21.3 Å². The van der Waals surface area contributed by atoms with Crippen LogP contribution < -0.4 is 5.32 Å². The molecular weight excluding hydrogens is 257 g/mol. The number of benzene rings is 1. The minimum Gasteiger partial charge on any atom is -0.381 e. The molecule has 1 N–H and O–H groups in total. The van der Waals surface area contributed by atoms with Gasteiger partial charge in [-0.1, -0.05) is 30.1 Å². The standard InChI is InChI=1S/C13H17Cl2NO/c1-2-11-8-10(5-6-17-11)16-13-7-9(14)3-4-12(13)15/h3-4,7,10-11,16H,2,5-6,8H2,1H3. The molecule has 0 aromatic heterocycles. The van der Waals surface area contributed by atoms with Crippen LogP contribution >= 0.6 is 23.2 Å². The molecule has 1 saturated heterocycles. The van der Waals surface area contributed by atoms with Gasteiger partial charge in [0.15, 0.2) is 0 Å².